The summed E-state index contributed by atoms with van der Waals surface area (Å²) in [5.74, 6) is 0.871. The molecule has 1 aromatic carbocycles. The van der Waals surface area contributed by atoms with Crippen molar-refractivity contribution in [2.75, 3.05) is 6.61 Å². The highest BCUT2D eigenvalue weighted by molar-refractivity contribution is 5.75. The molecule has 5 nitrogen and oxygen atoms in total. The molecule has 0 atom stereocenters. The van der Waals surface area contributed by atoms with Crippen molar-refractivity contribution in [3.05, 3.63) is 48.3 Å². The van der Waals surface area contributed by atoms with Gasteiger partial charge in [0, 0.05) is 31.9 Å². The fourth-order valence-electron chi connectivity index (χ4n) is 1.81. The summed E-state index contributed by atoms with van der Waals surface area (Å²) in [6, 6.07) is 9.58. The fraction of sp³-hybridized carbons (Fsp3) is 0.333. The number of nitrogens with zero attached hydrogens (tertiary/aromatic N) is 2. The zero-order valence-corrected chi connectivity index (χ0v) is 11.6. The minimum atomic E-state index is 0.0226. The second kappa shape index (κ2) is 7.33. The molecule has 0 unspecified atom stereocenters. The summed E-state index contributed by atoms with van der Waals surface area (Å²) in [6.45, 7) is 3.74. The number of hydrogen-bond acceptors (Lipinski definition) is 3. The van der Waals surface area contributed by atoms with Gasteiger partial charge in [0.2, 0.25) is 5.91 Å². The van der Waals surface area contributed by atoms with Gasteiger partial charge in [-0.05, 0) is 30.7 Å². The van der Waals surface area contributed by atoms with Crippen molar-refractivity contribution in [2.24, 2.45) is 0 Å². The second-order valence-electron chi connectivity index (χ2n) is 4.37. The fourth-order valence-corrected chi connectivity index (χ4v) is 1.81. The van der Waals surface area contributed by atoms with Crippen molar-refractivity contribution in [3.8, 4) is 5.75 Å². The molecule has 0 fully saturated rings. The lowest BCUT2D eigenvalue weighted by atomic mass is 10.2. The molecule has 0 aliphatic carbocycles. The highest BCUT2D eigenvalue weighted by atomic mass is 16.5. The third kappa shape index (κ3) is 4.42. The number of rotatable bonds is 7. The van der Waals surface area contributed by atoms with Crippen LogP contribution >= 0.6 is 0 Å². The van der Waals surface area contributed by atoms with Crippen molar-refractivity contribution < 1.29 is 9.53 Å². The first kappa shape index (κ1) is 14.1. The van der Waals surface area contributed by atoms with E-state index in [1.165, 1.54) is 0 Å². The molecule has 0 radical (unpaired) electrons. The number of benzene rings is 1. The molecule has 1 aromatic heterocycles. The molecule has 1 amide bonds. The molecular weight excluding hydrogens is 254 g/mol. The second-order valence-corrected chi connectivity index (χ2v) is 4.37. The van der Waals surface area contributed by atoms with Crippen molar-refractivity contribution in [2.45, 2.75) is 26.4 Å². The van der Waals surface area contributed by atoms with Crippen LogP contribution in [0.25, 0.3) is 0 Å². The predicted molar refractivity (Wildman–Crippen MR) is 76.3 cm³/mol. The lowest BCUT2D eigenvalue weighted by Gasteiger charge is -2.07. The number of carbonyl (C=O) groups is 1. The van der Waals surface area contributed by atoms with Gasteiger partial charge in [-0.3, -0.25) is 9.48 Å². The minimum absolute atomic E-state index is 0.0226. The lowest BCUT2D eigenvalue weighted by Crippen LogP contribution is -2.24. The summed E-state index contributed by atoms with van der Waals surface area (Å²) >= 11 is 0. The maximum atomic E-state index is 11.7. The Balaban J connectivity index is 1.72. The smallest absolute Gasteiger partial charge is 0.222 e. The summed E-state index contributed by atoms with van der Waals surface area (Å²) in [6.07, 6.45) is 3.98. The molecule has 0 aliphatic heterocycles. The normalized spacial score (nSPS) is 10.2. The maximum Gasteiger partial charge on any atom is 0.222 e. The summed E-state index contributed by atoms with van der Waals surface area (Å²) < 4.78 is 7.12. The van der Waals surface area contributed by atoms with Crippen LogP contribution < -0.4 is 10.1 Å². The van der Waals surface area contributed by atoms with Crippen LogP contribution in [0, 0.1) is 0 Å². The summed E-state index contributed by atoms with van der Waals surface area (Å²) in [7, 11) is 0. The Morgan fingerprint density at radius 1 is 1.35 bits per heavy atom. The summed E-state index contributed by atoms with van der Waals surface area (Å²) in [5, 5.41) is 6.95. The van der Waals surface area contributed by atoms with Crippen LogP contribution in [0.15, 0.2) is 42.7 Å². The Morgan fingerprint density at radius 2 is 2.15 bits per heavy atom. The van der Waals surface area contributed by atoms with Crippen molar-refractivity contribution in [1.29, 1.82) is 0 Å². The standard InChI is InChI=1S/C15H19N3O2/c1-2-20-14-6-4-13(5-7-14)12-16-15(19)8-11-18-10-3-9-17-18/h3-7,9-10H,2,8,11-12H2,1H3,(H,16,19). The Labute approximate surface area is 118 Å². The van der Waals surface area contributed by atoms with E-state index in [9.17, 15) is 4.79 Å². The van der Waals surface area contributed by atoms with E-state index in [2.05, 4.69) is 10.4 Å². The first-order valence-corrected chi connectivity index (χ1v) is 6.74. The van der Waals surface area contributed by atoms with E-state index in [4.69, 9.17) is 4.74 Å². The SMILES string of the molecule is CCOc1ccc(CNC(=O)CCn2cccn2)cc1. The molecule has 0 bridgehead atoms. The number of carbonyl (C=O) groups excluding carboxylic acids is 1. The average molecular weight is 273 g/mol. The topological polar surface area (TPSA) is 56.1 Å². The lowest BCUT2D eigenvalue weighted by molar-refractivity contribution is -0.121. The molecule has 106 valence electrons. The number of amides is 1. The van der Waals surface area contributed by atoms with E-state index < -0.39 is 0 Å². The first-order valence-electron chi connectivity index (χ1n) is 6.74. The first-order chi connectivity index (χ1) is 9.78. The van der Waals surface area contributed by atoms with E-state index in [1.54, 1.807) is 10.9 Å². The van der Waals surface area contributed by atoms with Crippen molar-refractivity contribution in [3.63, 3.8) is 0 Å². The van der Waals surface area contributed by atoms with Gasteiger partial charge < -0.3 is 10.1 Å². The molecule has 0 spiro atoms. The zero-order valence-electron chi connectivity index (χ0n) is 11.6. The molecule has 5 heteroatoms. The zero-order chi connectivity index (χ0) is 14.2. The van der Waals surface area contributed by atoms with Crippen LogP contribution in [0.2, 0.25) is 0 Å². The maximum absolute atomic E-state index is 11.7. The monoisotopic (exact) mass is 273 g/mol. The van der Waals surface area contributed by atoms with Crippen molar-refractivity contribution in [1.82, 2.24) is 15.1 Å². The number of hydrogen-bond donors (Lipinski definition) is 1. The highest BCUT2D eigenvalue weighted by Gasteiger charge is 2.02. The quantitative estimate of drug-likeness (QED) is 0.839. The number of nitrogens with one attached hydrogen (secondary N) is 1. The highest BCUT2D eigenvalue weighted by Crippen LogP contribution is 2.11. The van der Waals surface area contributed by atoms with Crippen LogP contribution in [0.3, 0.4) is 0 Å². The molecular formula is C15H19N3O2. The largest absolute Gasteiger partial charge is 0.494 e. The molecule has 1 heterocycles. The van der Waals surface area contributed by atoms with E-state index in [1.807, 2.05) is 43.5 Å². The van der Waals surface area contributed by atoms with Crippen LogP contribution in [0.4, 0.5) is 0 Å². The van der Waals surface area contributed by atoms with Crippen LogP contribution in [0.5, 0.6) is 5.75 Å². The predicted octanol–water partition coefficient (Wildman–Crippen LogP) is 1.99. The Morgan fingerprint density at radius 3 is 2.80 bits per heavy atom. The minimum Gasteiger partial charge on any atom is -0.494 e. The third-order valence-electron chi connectivity index (χ3n) is 2.85. The van der Waals surface area contributed by atoms with Gasteiger partial charge in [-0.15, -0.1) is 0 Å². The number of aryl methyl sites for hydroxylation is 1. The van der Waals surface area contributed by atoms with Gasteiger partial charge >= 0.3 is 0 Å². The van der Waals surface area contributed by atoms with Crippen molar-refractivity contribution >= 4 is 5.91 Å². The van der Waals surface area contributed by atoms with Crippen LogP contribution in [0.1, 0.15) is 18.9 Å². The van der Waals surface area contributed by atoms with Gasteiger partial charge in [0.05, 0.1) is 6.61 Å². The number of ether oxygens (including phenoxy) is 1. The van der Waals surface area contributed by atoms with Gasteiger partial charge in [-0.2, -0.15) is 5.10 Å². The Kier molecular flexibility index (Phi) is 5.17. The molecule has 0 saturated heterocycles. The van der Waals surface area contributed by atoms with E-state index in [0.29, 0.717) is 26.1 Å². The molecule has 0 aliphatic rings. The summed E-state index contributed by atoms with van der Waals surface area (Å²) in [4.78, 5) is 11.7. The summed E-state index contributed by atoms with van der Waals surface area (Å²) in [5.41, 5.74) is 1.06. The van der Waals surface area contributed by atoms with Gasteiger partial charge in [-0.25, -0.2) is 0 Å². The number of aromatic nitrogens is 2. The third-order valence-corrected chi connectivity index (χ3v) is 2.85. The molecule has 2 rings (SSSR count). The van der Waals surface area contributed by atoms with E-state index >= 15 is 0 Å². The van der Waals surface area contributed by atoms with Gasteiger partial charge in [0.1, 0.15) is 5.75 Å². The molecule has 1 N–H and O–H groups in total. The van der Waals surface area contributed by atoms with Crippen LogP contribution in [-0.2, 0) is 17.9 Å². The Bertz CT molecular complexity index is 521. The van der Waals surface area contributed by atoms with E-state index in [0.717, 1.165) is 11.3 Å². The van der Waals surface area contributed by atoms with Gasteiger partial charge in [0.15, 0.2) is 0 Å². The average Bonchev–Trinajstić information content (AvgIpc) is 2.98. The molecule has 2 aromatic rings. The molecule has 0 saturated carbocycles. The van der Waals surface area contributed by atoms with Crippen LogP contribution in [-0.4, -0.2) is 22.3 Å². The Hall–Kier alpha value is -2.30. The molecule has 20 heavy (non-hydrogen) atoms. The van der Waals surface area contributed by atoms with Gasteiger partial charge in [-0.1, -0.05) is 12.1 Å². The van der Waals surface area contributed by atoms with E-state index in [-0.39, 0.29) is 5.91 Å². The van der Waals surface area contributed by atoms with Gasteiger partial charge in [0.25, 0.3) is 0 Å².